The van der Waals surface area contributed by atoms with Gasteiger partial charge < -0.3 is 25.2 Å². The van der Waals surface area contributed by atoms with Crippen molar-refractivity contribution in [3.63, 3.8) is 0 Å². The Morgan fingerprint density at radius 2 is 1.92 bits per heavy atom. The first-order valence-electron chi connectivity index (χ1n) is 6.71. The van der Waals surface area contributed by atoms with Gasteiger partial charge in [-0.1, -0.05) is 6.07 Å². The number of nitrogens with zero attached hydrogens (tertiary/aromatic N) is 1. The van der Waals surface area contributed by atoms with Crippen LogP contribution in [0.15, 0.2) is 27.8 Å². The Bertz CT molecular complexity index is 881. The van der Waals surface area contributed by atoms with Gasteiger partial charge in [-0.25, -0.2) is 0 Å². The molecule has 0 unspecified atom stereocenters. The Morgan fingerprint density at radius 1 is 1.25 bits per heavy atom. The molecule has 0 aliphatic carbocycles. The van der Waals surface area contributed by atoms with Crippen LogP contribution in [0.25, 0.3) is 0 Å². The van der Waals surface area contributed by atoms with Crippen LogP contribution in [0, 0.1) is 0 Å². The van der Waals surface area contributed by atoms with Gasteiger partial charge >= 0.3 is 5.97 Å². The van der Waals surface area contributed by atoms with Crippen LogP contribution in [0.5, 0.6) is 11.5 Å². The van der Waals surface area contributed by atoms with E-state index in [1.54, 1.807) is 0 Å². The van der Waals surface area contributed by atoms with Gasteiger partial charge in [0.1, 0.15) is 12.2 Å². The number of likely N-dealkylation sites (N-methyl/N-ethyl adjacent to an activating group) is 1. The van der Waals surface area contributed by atoms with Crippen molar-refractivity contribution in [2.75, 3.05) is 26.0 Å². The monoisotopic (exact) mass is 334 g/mol. The number of methoxy groups -OCH3 is 1. The van der Waals surface area contributed by atoms with Gasteiger partial charge in [-0.15, -0.1) is 0 Å². The number of rotatable bonds is 6. The molecule has 0 saturated heterocycles. The molecule has 126 valence electrons. The van der Waals surface area contributed by atoms with Crippen molar-refractivity contribution >= 4 is 23.3 Å². The predicted molar refractivity (Wildman–Crippen MR) is 83.9 cm³/mol. The molecule has 3 N–H and O–H groups in total. The molecule has 0 atom stereocenters. The highest BCUT2D eigenvalue weighted by Gasteiger charge is 2.24. The van der Waals surface area contributed by atoms with Crippen LogP contribution in [0.1, 0.15) is 10.4 Å². The molecule has 0 aromatic heterocycles. The first kappa shape index (κ1) is 17.0. The molecule has 2 aromatic rings. The maximum Gasteiger partial charge on any atom is 0.323 e. The van der Waals surface area contributed by atoms with Gasteiger partial charge in [-0.05, 0) is 12.1 Å². The number of aromatic hydroxyl groups is 1. The first-order chi connectivity index (χ1) is 11.3. The summed E-state index contributed by atoms with van der Waals surface area (Å²) in [5, 5.41) is 21.5. The molecule has 0 radical (unpaired) electrons. The smallest absolute Gasteiger partial charge is 0.323 e. The molecule has 0 heterocycles. The van der Waals surface area contributed by atoms with E-state index in [1.807, 2.05) is 0 Å². The quantitative estimate of drug-likeness (QED) is 0.492. The SMILES string of the molecule is COc1c(Nc2cccc(C(=O)N(C)CC(=O)O)c2O)c(=O)c1=O. The number of nitrogens with one attached hydrogen (secondary N) is 1. The van der Waals surface area contributed by atoms with Crippen molar-refractivity contribution in [1.29, 1.82) is 0 Å². The summed E-state index contributed by atoms with van der Waals surface area (Å²) >= 11 is 0. The second-order valence-corrected chi connectivity index (χ2v) is 4.95. The lowest BCUT2D eigenvalue weighted by Crippen LogP contribution is -2.34. The van der Waals surface area contributed by atoms with Crippen LogP contribution in [0.2, 0.25) is 0 Å². The number of para-hydroxylation sites is 1. The average Bonchev–Trinajstić information content (AvgIpc) is 2.54. The maximum absolute atomic E-state index is 12.2. The number of carboxylic acids is 1. The van der Waals surface area contributed by atoms with Gasteiger partial charge in [0, 0.05) is 7.05 Å². The van der Waals surface area contributed by atoms with E-state index in [2.05, 4.69) is 5.32 Å². The number of carbonyl (C=O) groups is 2. The molecule has 9 nitrogen and oxygen atoms in total. The van der Waals surface area contributed by atoms with Crippen LogP contribution in [-0.4, -0.2) is 47.7 Å². The first-order valence-corrected chi connectivity index (χ1v) is 6.71. The minimum atomic E-state index is -1.20. The topological polar surface area (TPSA) is 133 Å². The summed E-state index contributed by atoms with van der Waals surface area (Å²) < 4.78 is 4.78. The minimum Gasteiger partial charge on any atom is -0.505 e. The van der Waals surface area contributed by atoms with E-state index in [1.165, 1.54) is 32.4 Å². The van der Waals surface area contributed by atoms with Gasteiger partial charge in [0.15, 0.2) is 11.5 Å². The fraction of sp³-hybridized carbons (Fsp3) is 0.200. The van der Waals surface area contributed by atoms with Gasteiger partial charge in [0.05, 0.1) is 18.4 Å². The van der Waals surface area contributed by atoms with E-state index in [9.17, 15) is 24.3 Å². The maximum atomic E-state index is 12.2. The van der Waals surface area contributed by atoms with Crippen molar-refractivity contribution in [3.8, 4) is 11.5 Å². The molecule has 0 bridgehead atoms. The Morgan fingerprint density at radius 3 is 2.50 bits per heavy atom. The van der Waals surface area contributed by atoms with Crippen molar-refractivity contribution in [2.24, 2.45) is 0 Å². The van der Waals surface area contributed by atoms with Crippen LogP contribution >= 0.6 is 0 Å². The fourth-order valence-electron chi connectivity index (χ4n) is 2.11. The molecule has 0 saturated carbocycles. The number of anilines is 2. The summed E-state index contributed by atoms with van der Waals surface area (Å²) in [6.07, 6.45) is 0. The van der Waals surface area contributed by atoms with Crippen LogP contribution in [0.3, 0.4) is 0 Å². The number of amides is 1. The van der Waals surface area contributed by atoms with Gasteiger partial charge in [-0.3, -0.25) is 19.2 Å². The summed E-state index contributed by atoms with van der Waals surface area (Å²) in [7, 11) is 2.50. The van der Waals surface area contributed by atoms with E-state index < -0.39 is 35.0 Å². The largest absolute Gasteiger partial charge is 0.505 e. The zero-order valence-corrected chi connectivity index (χ0v) is 12.8. The number of hydrogen-bond acceptors (Lipinski definition) is 7. The molecule has 9 heteroatoms. The number of ether oxygens (including phenoxy) is 1. The number of phenolic OH excluding ortho intramolecular Hbond substituents is 1. The summed E-state index contributed by atoms with van der Waals surface area (Å²) in [5.41, 5.74) is -1.85. The highest BCUT2D eigenvalue weighted by Crippen LogP contribution is 2.32. The van der Waals surface area contributed by atoms with E-state index >= 15 is 0 Å². The standard InChI is InChI=1S/C15H14N2O7/c1-17(6-9(18)19)15(23)7-4-3-5-8(11(7)20)16-10-12(21)13(22)14(10)24-2/h3-5,16,20H,6H2,1-2H3,(H,18,19). The molecule has 0 fully saturated rings. The lowest BCUT2D eigenvalue weighted by Gasteiger charge is -2.18. The third-order valence-electron chi connectivity index (χ3n) is 3.32. The molecule has 24 heavy (non-hydrogen) atoms. The molecular weight excluding hydrogens is 320 g/mol. The highest BCUT2D eigenvalue weighted by molar-refractivity contribution is 6.00. The van der Waals surface area contributed by atoms with Gasteiger partial charge in [-0.2, -0.15) is 0 Å². The number of phenols is 1. The Labute approximate surface area is 135 Å². The van der Waals surface area contributed by atoms with Crippen LogP contribution in [0.4, 0.5) is 11.4 Å². The number of hydrogen-bond donors (Lipinski definition) is 3. The summed E-state index contributed by atoms with van der Waals surface area (Å²) in [6.45, 7) is -0.540. The van der Waals surface area contributed by atoms with Gasteiger partial charge in [0.2, 0.25) is 0 Å². The Kier molecular flexibility index (Phi) is 4.54. The predicted octanol–water partition coefficient (Wildman–Crippen LogP) is -0.103. The van der Waals surface area contributed by atoms with E-state index in [4.69, 9.17) is 9.84 Å². The van der Waals surface area contributed by atoms with Crippen molar-refractivity contribution in [1.82, 2.24) is 4.90 Å². The van der Waals surface area contributed by atoms with Crippen molar-refractivity contribution in [3.05, 3.63) is 44.2 Å². The number of carboxylic acid groups (broad SMARTS) is 1. The normalized spacial score (nSPS) is 10.4. The molecule has 2 rings (SSSR count). The van der Waals surface area contributed by atoms with Crippen molar-refractivity contribution < 1.29 is 24.5 Å². The third kappa shape index (κ3) is 2.91. The van der Waals surface area contributed by atoms with Crippen molar-refractivity contribution in [2.45, 2.75) is 0 Å². The highest BCUT2D eigenvalue weighted by atomic mass is 16.5. The number of aliphatic carboxylic acids is 1. The number of benzene rings is 1. The number of carbonyl (C=O) groups excluding carboxylic acids is 1. The fourth-order valence-corrected chi connectivity index (χ4v) is 2.11. The zero-order chi connectivity index (χ0) is 18.0. The summed E-state index contributed by atoms with van der Waals surface area (Å²) in [6, 6.07) is 4.13. The van der Waals surface area contributed by atoms with E-state index in [-0.39, 0.29) is 22.7 Å². The molecule has 1 amide bonds. The molecule has 0 aliphatic rings. The van der Waals surface area contributed by atoms with E-state index in [0.29, 0.717) is 0 Å². The lowest BCUT2D eigenvalue weighted by atomic mass is 10.1. The third-order valence-corrected chi connectivity index (χ3v) is 3.32. The van der Waals surface area contributed by atoms with Crippen LogP contribution in [-0.2, 0) is 4.79 Å². The second-order valence-electron chi connectivity index (χ2n) is 4.95. The lowest BCUT2D eigenvalue weighted by molar-refractivity contribution is -0.137. The van der Waals surface area contributed by atoms with Crippen LogP contribution < -0.4 is 20.9 Å². The van der Waals surface area contributed by atoms with E-state index in [0.717, 1.165) is 4.90 Å². The Balaban J connectivity index is 2.33. The second kappa shape index (κ2) is 6.41. The molecule has 2 aromatic carbocycles. The molecule has 0 aliphatic heterocycles. The minimum absolute atomic E-state index is 0.00924. The molecular formula is C15H14N2O7. The van der Waals surface area contributed by atoms with Gasteiger partial charge in [0.25, 0.3) is 16.8 Å². The molecule has 0 spiro atoms. The average molecular weight is 334 g/mol. The zero-order valence-electron chi connectivity index (χ0n) is 12.8. The summed E-state index contributed by atoms with van der Waals surface area (Å²) in [5.74, 6) is -2.56. The Hall–Kier alpha value is -3.36. The summed E-state index contributed by atoms with van der Waals surface area (Å²) in [4.78, 5) is 46.6.